The number of hydrogen-bond donors (Lipinski definition) is 1. The van der Waals surface area contributed by atoms with Crippen LogP contribution in [0, 0.1) is 0 Å². The third kappa shape index (κ3) is 1.67. The minimum atomic E-state index is -2.78. The highest BCUT2D eigenvalue weighted by molar-refractivity contribution is 5.27. The molecule has 2 N–H and O–H groups in total. The molecule has 15 heavy (non-hydrogen) atoms. The summed E-state index contributed by atoms with van der Waals surface area (Å²) in [5.41, 5.74) is 6.23. The molecule has 0 aliphatic heterocycles. The highest BCUT2D eigenvalue weighted by Gasteiger charge is 2.23. The number of nitrogens with zero attached hydrogens (tertiary/aromatic N) is 1. The molecule has 0 radical (unpaired) electrons. The Kier molecular flexibility index (Phi) is 2.56. The minimum Gasteiger partial charge on any atom is -0.324 e. The van der Waals surface area contributed by atoms with Crippen molar-refractivity contribution in [2.45, 2.75) is 31.9 Å². The lowest BCUT2D eigenvalue weighted by atomic mass is 9.92. The zero-order chi connectivity index (χ0) is 11.0. The standard InChI is InChI=1S/C10H12F2N2O/c11-10(12)14-8-3-1-2-7(13)6(8)4-5-9(14)15/h4-5,7,10H,1-3,13H2. The molecule has 1 unspecified atom stereocenters. The molecule has 1 atom stereocenters. The Morgan fingerprint density at radius 3 is 2.87 bits per heavy atom. The normalized spacial score (nSPS) is 20.4. The van der Waals surface area contributed by atoms with Gasteiger partial charge in [0.15, 0.2) is 0 Å². The van der Waals surface area contributed by atoms with Gasteiger partial charge in [0.05, 0.1) is 0 Å². The second kappa shape index (κ2) is 3.73. The van der Waals surface area contributed by atoms with Crippen LogP contribution in [0.1, 0.15) is 36.7 Å². The van der Waals surface area contributed by atoms with Gasteiger partial charge in [0, 0.05) is 17.8 Å². The van der Waals surface area contributed by atoms with Gasteiger partial charge >= 0.3 is 6.55 Å². The van der Waals surface area contributed by atoms with E-state index in [-0.39, 0.29) is 6.04 Å². The molecule has 0 bridgehead atoms. The molecule has 3 nitrogen and oxygen atoms in total. The van der Waals surface area contributed by atoms with Gasteiger partial charge in [-0.1, -0.05) is 6.07 Å². The number of pyridine rings is 1. The molecule has 0 spiro atoms. The van der Waals surface area contributed by atoms with Crippen LogP contribution in [-0.2, 0) is 6.42 Å². The summed E-state index contributed by atoms with van der Waals surface area (Å²) in [5, 5.41) is 0. The number of aromatic nitrogens is 1. The summed E-state index contributed by atoms with van der Waals surface area (Å²) < 4.78 is 25.9. The summed E-state index contributed by atoms with van der Waals surface area (Å²) in [6.07, 6.45) is 2.04. The van der Waals surface area contributed by atoms with Crippen LogP contribution < -0.4 is 11.3 Å². The van der Waals surface area contributed by atoms with Crippen molar-refractivity contribution >= 4 is 0 Å². The zero-order valence-corrected chi connectivity index (χ0v) is 8.12. The fourth-order valence-corrected chi connectivity index (χ4v) is 2.07. The fraction of sp³-hybridized carbons (Fsp3) is 0.500. The molecule has 0 saturated carbocycles. The van der Waals surface area contributed by atoms with Gasteiger partial charge in [0.1, 0.15) is 0 Å². The van der Waals surface area contributed by atoms with E-state index in [0.717, 1.165) is 18.9 Å². The van der Waals surface area contributed by atoms with Crippen molar-refractivity contribution in [3.05, 3.63) is 33.7 Å². The molecule has 1 aromatic heterocycles. The number of halogens is 2. The SMILES string of the molecule is NC1CCCc2c1ccc(=O)n2C(F)F. The monoisotopic (exact) mass is 214 g/mol. The largest absolute Gasteiger partial charge is 0.324 e. The van der Waals surface area contributed by atoms with E-state index < -0.39 is 12.1 Å². The van der Waals surface area contributed by atoms with Crippen LogP contribution in [0.25, 0.3) is 0 Å². The third-order valence-corrected chi connectivity index (χ3v) is 2.79. The number of alkyl halides is 2. The lowest BCUT2D eigenvalue weighted by molar-refractivity contribution is 0.0621. The van der Waals surface area contributed by atoms with Crippen molar-refractivity contribution in [1.82, 2.24) is 4.57 Å². The second-order valence-electron chi connectivity index (χ2n) is 3.72. The molecule has 0 aromatic carbocycles. The summed E-state index contributed by atoms with van der Waals surface area (Å²) in [7, 11) is 0. The van der Waals surface area contributed by atoms with Gasteiger partial charge < -0.3 is 5.73 Å². The van der Waals surface area contributed by atoms with Crippen LogP contribution in [0.4, 0.5) is 8.78 Å². The molecule has 1 heterocycles. The van der Waals surface area contributed by atoms with Crippen LogP contribution in [0.5, 0.6) is 0 Å². The van der Waals surface area contributed by atoms with E-state index in [1.54, 1.807) is 6.07 Å². The van der Waals surface area contributed by atoms with Crippen molar-refractivity contribution in [3.63, 3.8) is 0 Å². The first-order chi connectivity index (χ1) is 7.11. The van der Waals surface area contributed by atoms with Gasteiger partial charge in [-0.25, -0.2) is 0 Å². The smallest absolute Gasteiger partial charge is 0.321 e. The van der Waals surface area contributed by atoms with E-state index in [9.17, 15) is 13.6 Å². The summed E-state index contributed by atoms with van der Waals surface area (Å²) in [5.74, 6) is 0. The molecule has 0 saturated heterocycles. The van der Waals surface area contributed by atoms with Crippen LogP contribution in [-0.4, -0.2) is 4.57 Å². The first-order valence-electron chi connectivity index (χ1n) is 4.89. The minimum absolute atomic E-state index is 0.223. The molecular weight excluding hydrogens is 202 g/mol. The zero-order valence-electron chi connectivity index (χ0n) is 8.12. The Balaban J connectivity index is 2.63. The Morgan fingerprint density at radius 1 is 1.47 bits per heavy atom. The van der Waals surface area contributed by atoms with Gasteiger partial charge in [-0.05, 0) is 24.8 Å². The Labute approximate surface area is 85.5 Å². The Hall–Kier alpha value is -1.23. The molecule has 82 valence electrons. The van der Waals surface area contributed by atoms with Gasteiger partial charge in [-0.2, -0.15) is 8.78 Å². The lowest BCUT2D eigenvalue weighted by Gasteiger charge is -2.24. The Morgan fingerprint density at radius 2 is 2.20 bits per heavy atom. The van der Waals surface area contributed by atoms with Crippen molar-refractivity contribution in [3.8, 4) is 0 Å². The van der Waals surface area contributed by atoms with Crippen LogP contribution in [0.3, 0.4) is 0 Å². The average Bonchev–Trinajstić information content (AvgIpc) is 2.17. The number of rotatable bonds is 1. The van der Waals surface area contributed by atoms with Crippen LogP contribution in [0.15, 0.2) is 16.9 Å². The molecule has 1 aromatic rings. The van der Waals surface area contributed by atoms with Crippen molar-refractivity contribution in [2.24, 2.45) is 5.73 Å². The highest BCUT2D eigenvalue weighted by atomic mass is 19.3. The van der Waals surface area contributed by atoms with Crippen molar-refractivity contribution < 1.29 is 8.78 Å². The van der Waals surface area contributed by atoms with E-state index in [1.807, 2.05) is 0 Å². The number of hydrogen-bond acceptors (Lipinski definition) is 2. The second-order valence-corrected chi connectivity index (χ2v) is 3.72. The Bertz CT molecular complexity index is 428. The molecule has 1 aliphatic rings. The lowest BCUT2D eigenvalue weighted by Crippen LogP contribution is -2.29. The van der Waals surface area contributed by atoms with E-state index in [0.29, 0.717) is 22.2 Å². The third-order valence-electron chi connectivity index (χ3n) is 2.79. The maximum atomic E-state index is 12.7. The number of fused-ring (bicyclic) bond motifs is 1. The highest BCUT2D eigenvalue weighted by Crippen LogP contribution is 2.28. The van der Waals surface area contributed by atoms with Crippen LogP contribution >= 0.6 is 0 Å². The predicted octanol–water partition coefficient (Wildman–Crippen LogP) is 1.58. The molecule has 0 fully saturated rings. The van der Waals surface area contributed by atoms with Gasteiger partial charge in [0.25, 0.3) is 5.56 Å². The van der Waals surface area contributed by atoms with Gasteiger partial charge in [-0.15, -0.1) is 0 Å². The van der Waals surface area contributed by atoms with Crippen molar-refractivity contribution in [2.75, 3.05) is 0 Å². The number of nitrogens with two attached hydrogens (primary N) is 1. The van der Waals surface area contributed by atoms with Gasteiger partial charge in [-0.3, -0.25) is 9.36 Å². The average molecular weight is 214 g/mol. The van der Waals surface area contributed by atoms with Crippen LogP contribution in [0.2, 0.25) is 0 Å². The molecule has 5 heteroatoms. The van der Waals surface area contributed by atoms with E-state index in [1.165, 1.54) is 0 Å². The van der Waals surface area contributed by atoms with Crippen molar-refractivity contribution in [1.29, 1.82) is 0 Å². The summed E-state index contributed by atoms with van der Waals surface area (Å²) in [6.45, 7) is -2.78. The van der Waals surface area contributed by atoms with E-state index in [2.05, 4.69) is 0 Å². The quantitative estimate of drug-likeness (QED) is 0.771. The summed E-state index contributed by atoms with van der Waals surface area (Å²) >= 11 is 0. The fourth-order valence-electron chi connectivity index (χ4n) is 2.07. The topological polar surface area (TPSA) is 48.0 Å². The molecular formula is C10H12F2N2O. The van der Waals surface area contributed by atoms with E-state index >= 15 is 0 Å². The molecule has 2 rings (SSSR count). The first-order valence-corrected chi connectivity index (χ1v) is 4.89. The van der Waals surface area contributed by atoms with E-state index in [4.69, 9.17) is 5.73 Å². The molecule has 0 amide bonds. The predicted molar refractivity (Wildman–Crippen MR) is 51.8 cm³/mol. The van der Waals surface area contributed by atoms with Gasteiger partial charge in [0.2, 0.25) is 0 Å². The maximum absolute atomic E-state index is 12.7. The molecule has 1 aliphatic carbocycles. The maximum Gasteiger partial charge on any atom is 0.321 e. The first kappa shape index (κ1) is 10.3. The summed E-state index contributed by atoms with van der Waals surface area (Å²) in [6, 6.07) is 2.51. The summed E-state index contributed by atoms with van der Waals surface area (Å²) in [4.78, 5) is 11.3.